The van der Waals surface area contributed by atoms with E-state index < -0.39 is 11.2 Å². The summed E-state index contributed by atoms with van der Waals surface area (Å²) in [6, 6.07) is 12.6. The number of carboxylic acids is 1. The monoisotopic (exact) mass is 332 g/mol. The summed E-state index contributed by atoms with van der Waals surface area (Å²) in [5.74, 6) is -0.907. The highest BCUT2D eigenvalue weighted by Crippen LogP contribution is 2.30. The number of hydrogen-bond acceptors (Lipinski definition) is 4. The number of benzene rings is 1. The third-order valence-electron chi connectivity index (χ3n) is 3.02. The van der Waals surface area contributed by atoms with Gasteiger partial charge in [0.05, 0.1) is 11.3 Å². The van der Waals surface area contributed by atoms with Crippen molar-refractivity contribution >= 4 is 29.3 Å². The molecule has 1 aromatic heterocycles. The van der Waals surface area contributed by atoms with Crippen LogP contribution in [0.5, 0.6) is 0 Å². The van der Waals surface area contributed by atoms with Crippen LogP contribution in [0.25, 0.3) is 11.3 Å². The lowest BCUT2D eigenvalue weighted by Gasteiger charge is -2.11. The van der Waals surface area contributed by atoms with Crippen LogP contribution in [0.15, 0.2) is 41.4 Å². The standard InChI is InChI=1S/C16H13ClN2O2S/c1-2-14(16(20)21)22-15-11(9-18)5-8-13(19-15)10-3-6-12(17)7-4-10/h3-8,14H,2H2,1H3,(H,20,21). The first-order valence-electron chi connectivity index (χ1n) is 6.61. The van der Waals surface area contributed by atoms with Crippen molar-refractivity contribution in [3.05, 3.63) is 47.0 Å². The minimum absolute atomic E-state index is 0.377. The Kier molecular flexibility index (Phi) is 5.42. The molecule has 0 radical (unpaired) electrons. The van der Waals surface area contributed by atoms with Gasteiger partial charge in [-0.25, -0.2) is 4.98 Å². The van der Waals surface area contributed by atoms with Gasteiger partial charge in [0.1, 0.15) is 16.3 Å². The van der Waals surface area contributed by atoms with E-state index in [2.05, 4.69) is 11.1 Å². The lowest BCUT2D eigenvalue weighted by atomic mass is 10.1. The van der Waals surface area contributed by atoms with Crippen molar-refractivity contribution in [3.63, 3.8) is 0 Å². The Hall–Kier alpha value is -2.03. The molecule has 0 saturated heterocycles. The summed E-state index contributed by atoms with van der Waals surface area (Å²) >= 11 is 6.97. The second-order valence-corrected chi connectivity index (χ2v) is 6.15. The zero-order valence-corrected chi connectivity index (χ0v) is 13.4. The molecule has 0 spiro atoms. The van der Waals surface area contributed by atoms with Crippen LogP contribution in [0.3, 0.4) is 0 Å². The van der Waals surface area contributed by atoms with Gasteiger partial charge in [0.2, 0.25) is 0 Å². The van der Waals surface area contributed by atoms with E-state index in [1.54, 1.807) is 31.2 Å². The summed E-state index contributed by atoms with van der Waals surface area (Å²) in [6.45, 7) is 1.79. The van der Waals surface area contributed by atoms with E-state index in [4.69, 9.17) is 16.7 Å². The van der Waals surface area contributed by atoms with Crippen molar-refractivity contribution < 1.29 is 9.90 Å². The molecule has 2 rings (SSSR count). The fraction of sp³-hybridized carbons (Fsp3) is 0.188. The van der Waals surface area contributed by atoms with Crippen LogP contribution in [0.2, 0.25) is 5.02 Å². The zero-order valence-electron chi connectivity index (χ0n) is 11.8. The Morgan fingerprint density at radius 3 is 2.59 bits per heavy atom. The zero-order chi connectivity index (χ0) is 16.1. The quantitative estimate of drug-likeness (QED) is 0.829. The van der Waals surface area contributed by atoms with Crippen molar-refractivity contribution in [2.75, 3.05) is 0 Å². The molecule has 0 bridgehead atoms. The molecule has 1 N–H and O–H groups in total. The number of pyridine rings is 1. The molecule has 1 unspecified atom stereocenters. The lowest BCUT2D eigenvalue weighted by Crippen LogP contribution is -2.15. The number of nitrogens with zero attached hydrogens (tertiary/aromatic N) is 2. The molecule has 4 nitrogen and oxygen atoms in total. The fourth-order valence-electron chi connectivity index (χ4n) is 1.84. The normalized spacial score (nSPS) is 11.7. The summed E-state index contributed by atoms with van der Waals surface area (Å²) in [6.07, 6.45) is 0.456. The number of halogens is 1. The van der Waals surface area contributed by atoms with Gasteiger partial charge in [-0.1, -0.05) is 42.4 Å². The van der Waals surface area contributed by atoms with Crippen LogP contribution >= 0.6 is 23.4 Å². The molecular weight excluding hydrogens is 320 g/mol. The number of carboxylic acid groups (broad SMARTS) is 1. The van der Waals surface area contributed by atoms with Gasteiger partial charge in [-0.15, -0.1) is 0 Å². The van der Waals surface area contributed by atoms with E-state index >= 15 is 0 Å². The molecule has 0 saturated carbocycles. The van der Waals surface area contributed by atoms with Crippen molar-refractivity contribution in [3.8, 4) is 17.3 Å². The smallest absolute Gasteiger partial charge is 0.317 e. The van der Waals surface area contributed by atoms with Crippen LogP contribution in [-0.2, 0) is 4.79 Å². The second-order valence-electron chi connectivity index (χ2n) is 4.52. The molecule has 2 aromatic rings. The summed E-state index contributed by atoms with van der Waals surface area (Å²) in [4.78, 5) is 15.6. The van der Waals surface area contributed by atoms with E-state index in [9.17, 15) is 10.1 Å². The van der Waals surface area contributed by atoms with Crippen molar-refractivity contribution in [2.24, 2.45) is 0 Å². The van der Waals surface area contributed by atoms with Crippen LogP contribution in [-0.4, -0.2) is 21.3 Å². The topological polar surface area (TPSA) is 74.0 Å². The third-order valence-corrected chi connectivity index (χ3v) is 4.63. The molecule has 0 amide bonds. The number of rotatable bonds is 5. The van der Waals surface area contributed by atoms with Crippen LogP contribution in [0.1, 0.15) is 18.9 Å². The number of aliphatic carboxylic acids is 1. The van der Waals surface area contributed by atoms with E-state index in [1.165, 1.54) is 0 Å². The molecule has 6 heteroatoms. The molecule has 0 aliphatic carbocycles. The molecule has 1 aromatic carbocycles. The minimum atomic E-state index is -0.907. The maximum absolute atomic E-state index is 11.2. The predicted octanol–water partition coefficient (Wildman–Crippen LogP) is 4.23. The van der Waals surface area contributed by atoms with Crippen LogP contribution in [0, 0.1) is 11.3 Å². The Morgan fingerprint density at radius 1 is 1.36 bits per heavy atom. The maximum Gasteiger partial charge on any atom is 0.317 e. The summed E-state index contributed by atoms with van der Waals surface area (Å²) in [5.41, 5.74) is 1.92. The van der Waals surface area contributed by atoms with Crippen molar-refractivity contribution in [2.45, 2.75) is 23.6 Å². The maximum atomic E-state index is 11.2. The summed E-state index contributed by atoms with van der Waals surface area (Å²) in [7, 11) is 0. The number of thioether (sulfide) groups is 1. The average Bonchev–Trinajstić information content (AvgIpc) is 2.52. The Labute approximate surface area is 137 Å². The highest BCUT2D eigenvalue weighted by atomic mass is 35.5. The predicted molar refractivity (Wildman–Crippen MR) is 87.0 cm³/mol. The highest BCUT2D eigenvalue weighted by molar-refractivity contribution is 8.00. The van der Waals surface area contributed by atoms with Gasteiger partial charge in [0, 0.05) is 10.6 Å². The molecular formula is C16H13ClN2O2S. The van der Waals surface area contributed by atoms with Crippen molar-refractivity contribution in [1.29, 1.82) is 5.26 Å². The first-order valence-corrected chi connectivity index (χ1v) is 7.87. The minimum Gasteiger partial charge on any atom is -0.480 e. The first kappa shape index (κ1) is 16.3. The number of hydrogen-bond donors (Lipinski definition) is 1. The highest BCUT2D eigenvalue weighted by Gasteiger charge is 2.19. The van der Waals surface area contributed by atoms with Crippen molar-refractivity contribution in [1.82, 2.24) is 4.98 Å². The molecule has 0 fully saturated rings. The van der Waals surface area contributed by atoms with Crippen LogP contribution < -0.4 is 0 Å². The molecule has 1 heterocycles. The molecule has 22 heavy (non-hydrogen) atoms. The first-order chi connectivity index (χ1) is 10.5. The van der Waals surface area contributed by atoms with Gasteiger partial charge in [-0.3, -0.25) is 4.79 Å². The second kappa shape index (κ2) is 7.30. The SMILES string of the molecule is CCC(Sc1nc(-c2ccc(Cl)cc2)ccc1C#N)C(=O)O. The number of nitriles is 1. The van der Waals surface area contributed by atoms with Gasteiger partial charge >= 0.3 is 5.97 Å². The molecule has 0 aliphatic rings. The summed E-state index contributed by atoms with van der Waals surface area (Å²) < 4.78 is 0. The largest absolute Gasteiger partial charge is 0.480 e. The van der Waals surface area contributed by atoms with Gasteiger partial charge < -0.3 is 5.11 Å². The Balaban J connectivity index is 2.40. The summed E-state index contributed by atoms with van der Waals surface area (Å²) in [5, 5.41) is 18.8. The van der Waals surface area contributed by atoms with E-state index in [-0.39, 0.29) is 0 Å². The van der Waals surface area contributed by atoms with Gasteiger partial charge in [0.25, 0.3) is 0 Å². The fourth-order valence-corrected chi connectivity index (χ4v) is 2.89. The Bertz CT molecular complexity index is 726. The average molecular weight is 333 g/mol. The molecule has 1 atom stereocenters. The molecule has 0 aliphatic heterocycles. The molecule has 112 valence electrons. The number of carbonyl (C=O) groups is 1. The van der Waals surface area contributed by atoms with E-state index in [1.807, 2.05) is 12.1 Å². The van der Waals surface area contributed by atoms with Crippen LogP contribution in [0.4, 0.5) is 0 Å². The van der Waals surface area contributed by atoms with Gasteiger partial charge in [-0.2, -0.15) is 5.26 Å². The lowest BCUT2D eigenvalue weighted by molar-refractivity contribution is -0.136. The van der Waals surface area contributed by atoms with Gasteiger partial charge in [0.15, 0.2) is 0 Å². The third kappa shape index (κ3) is 3.79. The Morgan fingerprint density at radius 2 is 2.05 bits per heavy atom. The number of aromatic nitrogens is 1. The van der Waals surface area contributed by atoms with E-state index in [0.717, 1.165) is 17.3 Å². The van der Waals surface area contributed by atoms with Gasteiger partial charge in [-0.05, 0) is 30.7 Å². The van der Waals surface area contributed by atoms with E-state index in [0.29, 0.717) is 27.7 Å².